The lowest BCUT2D eigenvalue weighted by molar-refractivity contribution is -0.123. The summed E-state index contributed by atoms with van der Waals surface area (Å²) >= 11 is 7.40. The number of fused-ring (bicyclic) bond motifs is 5. The van der Waals surface area contributed by atoms with Gasteiger partial charge in [-0.1, -0.05) is 37.9 Å². The van der Waals surface area contributed by atoms with Gasteiger partial charge in [0.1, 0.15) is 5.75 Å². The summed E-state index contributed by atoms with van der Waals surface area (Å²) in [6.45, 7) is 0. The molecule has 2 bridgehead atoms. The van der Waals surface area contributed by atoms with Gasteiger partial charge in [0, 0.05) is 27.0 Å². The second-order valence-electron chi connectivity index (χ2n) is 8.25. The van der Waals surface area contributed by atoms with E-state index < -0.39 is 0 Å². The molecule has 1 aliphatic heterocycles. The van der Waals surface area contributed by atoms with Crippen LogP contribution in [0.5, 0.6) is 5.75 Å². The molecule has 3 amide bonds. The number of hydrogen-bond donors (Lipinski definition) is 1. The summed E-state index contributed by atoms with van der Waals surface area (Å²) in [5, 5.41) is 2.82. The average Bonchev–Trinajstić information content (AvgIpc) is 3.39. The first-order valence-corrected chi connectivity index (χ1v) is 11.9. The first kappa shape index (κ1) is 20.7. The Hall–Kier alpha value is -2.19. The minimum Gasteiger partial charge on any atom is -0.497 e. The molecular weight excluding hydrogens is 528 g/mol. The molecule has 0 unspecified atom stereocenters. The highest BCUT2D eigenvalue weighted by atomic mass is 79.9. The van der Waals surface area contributed by atoms with E-state index in [9.17, 15) is 14.4 Å². The lowest BCUT2D eigenvalue weighted by Gasteiger charge is -2.28. The third-order valence-corrected chi connectivity index (χ3v) is 9.91. The molecule has 0 aromatic heterocycles. The van der Waals surface area contributed by atoms with Gasteiger partial charge in [0.25, 0.3) is 5.91 Å². The van der Waals surface area contributed by atoms with E-state index in [-0.39, 0.29) is 51.0 Å². The molecule has 0 spiro atoms. The first-order chi connectivity index (χ1) is 14.9. The van der Waals surface area contributed by atoms with Gasteiger partial charge in [-0.3, -0.25) is 19.3 Å². The second kappa shape index (κ2) is 7.74. The summed E-state index contributed by atoms with van der Waals surface area (Å²) in [5.41, 5.74) is 1.57. The maximum absolute atomic E-state index is 13.1. The molecule has 1 saturated heterocycles. The highest BCUT2D eigenvalue weighted by Gasteiger charge is 2.66. The van der Waals surface area contributed by atoms with Crippen LogP contribution >= 0.6 is 31.9 Å². The van der Waals surface area contributed by atoms with Crippen LogP contribution in [0.1, 0.15) is 16.8 Å². The summed E-state index contributed by atoms with van der Waals surface area (Å²) in [7, 11) is 1.57. The Balaban J connectivity index is 1.34. The van der Waals surface area contributed by atoms with Crippen molar-refractivity contribution in [2.75, 3.05) is 17.3 Å². The van der Waals surface area contributed by atoms with Crippen LogP contribution in [0.15, 0.2) is 48.5 Å². The Morgan fingerprint density at radius 3 is 2.19 bits per heavy atom. The van der Waals surface area contributed by atoms with Crippen molar-refractivity contribution in [3.8, 4) is 5.75 Å². The van der Waals surface area contributed by atoms with Gasteiger partial charge in [-0.05, 0) is 54.7 Å². The fourth-order valence-electron chi connectivity index (χ4n) is 5.27. The van der Waals surface area contributed by atoms with Gasteiger partial charge in [0.2, 0.25) is 11.8 Å². The number of nitrogens with one attached hydrogen (secondary N) is 1. The molecule has 160 valence electrons. The van der Waals surface area contributed by atoms with Crippen molar-refractivity contribution in [1.29, 1.82) is 0 Å². The Morgan fingerprint density at radius 1 is 1.00 bits per heavy atom. The molecule has 2 aromatic rings. The van der Waals surface area contributed by atoms with Gasteiger partial charge in [-0.15, -0.1) is 0 Å². The lowest BCUT2D eigenvalue weighted by Crippen LogP contribution is -2.37. The summed E-state index contributed by atoms with van der Waals surface area (Å²) in [5.74, 6) is -0.0472. The fraction of sp³-hybridized carbons (Fsp3) is 0.348. The van der Waals surface area contributed by atoms with Crippen LogP contribution in [-0.2, 0) is 9.59 Å². The Morgan fingerprint density at radius 2 is 1.61 bits per heavy atom. The summed E-state index contributed by atoms with van der Waals surface area (Å²) in [4.78, 5) is 40.6. The van der Waals surface area contributed by atoms with Gasteiger partial charge in [-0.2, -0.15) is 0 Å². The van der Waals surface area contributed by atoms with Crippen molar-refractivity contribution in [2.24, 2.45) is 23.7 Å². The molecule has 2 saturated carbocycles. The largest absolute Gasteiger partial charge is 0.497 e. The van der Waals surface area contributed by atoms with Crippen LogP contribution in [-0.4, -0.2) is 34.5 Å². The third-order valence-electron chi connectivity index (χ3n) is 6.70. The number of carbonyl (C=O) groups is 3. The molecule has 0 radical (unpaired) electrons. The molecule has 3 fully saturated rings. The lowest BCUT2D eigenvalue weighted by atomic mass is 9.81. The van der Waals surface area contributed by atoms with Crippen LogP contribution in [0.3, 0.4) is 0 Å². The van der Waals surface area contributed by atoms with Gasteiger partial charge >= 0.3 is 0 Å². The first-order valence-electron chi connectivity index (χ1n) is 10.1. The Labute approximate surface area is 196 Å². The monoisotopic (exact) mass is 546 g/mol. The number of rotatable bonds is 4. The zero-order valence-electron chi connectivity index (χ0n) is 16.6. The van der Waals surface area contributed by atoms with E-state index in [1.165, 1.54) is 4.90 Å². The van der Waals surface area contributed by atoms with Crippen molar-refractivity contribution in [1.82, 2.24) is 0 Å². The molecule has 8 heteroatoms. The number of benzene rings is 2. The maximum atomic E-state index is 13.1. The van der Waals surface area contributed by atoms with E-state index in [0.717, 1.165) is 6.42 Å². The molecule has 31 heavy (non-hydrogen) atoms. The highest BCUT2D eigenvalue weighted by molar-refractivity contribution is 9.12. The van der Waals surface area contributed by atoms with Gasteiger partial charge in [0.05, 0.1) is 24.6 Å². The van der Waals surface area contributed by atoms with E-state index in [1.807, 2.05) is 0 Å². The fourth-order valence-corrected chi connectivity index (χ4v) is 7.14. The van der Waals surface area contributed by atoms with Crippen molar-refractivity contribution in [3.63, 3.8) is 0 Å². The zero-order valence-corrected chi connectivity index (χ0v) is 19.8. The zero-order chi connectivity index (χ0) is 21.9. The number of carbonyl (C=O) groups excluding carboxylic acids is 3. The van der Waals surface area contributed by atoms with E-state index in [0.29, 0.717) is 22.7 Å². The molecule has 1 N–H and O–H groups in total. The van der Waals surface area contributed by atoms with Crippen molar-refractivity contribution < 1.29 is 19.1 Å². The van der Waals surface area contributed by atoms with Crippen LogP contribution in [0.25, 0.3) is 0 Å². The molecule has 2 aliphatic carbocycles. The van der Waals surface area contributed by atoms with Crippen molar-refractivity contribution in [3.05, 3.63) is 54.1 Å². The number of anilines is 2. The molecular formula is C23H20Br2N2O4. The van der Waals surface area contributed by atoms with Gasteiger partial charge in [-0.25, -0.2) is 0 Å². The van der Waals surface area contributed by atoms with E-state index in [1.54, 1.807) is 55.6 Å². The number of nitrogens with zero attached hydrogens (tertiary/aromatic N) is 1. The SMILES string of the molecule is COc1cccc(NC(=O)c2ccc(N3C(=O)[C@@H]4[C@H]5C[C@@H]([C@@H](Br)[C@H]5Br)[C@H]4C3=O)cc2)c1. The Bertz CT molecular complexity index is 1040. The quantitative estimate of drug-likeness (QED) is 0.459. The number of methoxy groups -OCH3 is 1. The number of ether oxygens (including phenoxy) is 1. The number of alkyl halides is 2. The Kier molecular flexibility index (Phi) is 5.17. The van der Waals surface area contributed by atoms with Crippen molar-refractivity contribution in [2.45, 2.75) is 16.1 Å². The molecule has 2 aromatic carbocycles. The number of imide groups is 1. The predicted molar refractivity (Wildman–Crippen MR) is 124 cm³/mol. The third kappa shape index (κ3) is 3.22. The minimum absolute atomic E-state index is 0.125. The summed E-state index contributed by atoms with van der Waals surface area (Å²) in [6.07, 6.45) is 0.899. The van der Waals surface area contributed by atoms with Crippen LogP contribution in [0, 0.1) is 23.7 Å². The highest BCUT2D eigenvalue weighted by Crippen LogP contribution is 2.60. The minimum atomic E-state index is -0.280. The maximum Gasteiger partial charge on any atom is 0.255 e. The standard InChI is InChI=1S/C23H20Br2N2O4/c1-31-14-4-2-3-12(9-14)26-21(28)11-5-7-13(8-6-11)27-22(29)17-15-10-16(18(17)23(27)30)20(25)19(15)24/h2-9,15-20H,10H2,1H3,(H,26,28)/t15-,16-,17-,18-,19-,20+/m1/s1. The summed E-state index contributed by atoms with van der Waals surface area (Å²) < 4.78 is 5.17. The number of halogens is 2. The van der Waals surface area contributed by atoms with E-state index >= 15 is 0 Å². The van der Waals surface area contributed by atoms with Crippen LogP contribution in [0.4, 0.5) is 11.4 Å². The second-order valence-corrected chi connectivity index (χ2v) is 10.4. The molecule has 3 aliphatic rings. The van der Waals surface area contributed by atoms with Gasteiger partial charge < -0.3 is 10.1 Å². The molecule has 6 nitrogen and oxygen atoms in total. The smallest absolute Gasteiger partial charge is 0.255 e. The number of hydrogen-bond acceptors (Lipinski definition) is 4. The van der Waals surface area contributed by atoms with Crippen LogP contribution in [0.2, 0.25) is 0 Å². The number of amides is 3. The van der Waals surface area contributed by atoms with Crippen LogP contribution < -0.4 is 15.0 Å². The molecule has 1 heterocycles. The normalized spacial score (nSPS) is 31.1. The predicted octanol–water partition coefficient (Wildman–Crippen LogP) is 4.23. The topological polar surface area (TPSA) is 75.7 Å². The van der Waals surface area contributed by atoms with E-state index in [2.05, 4.69) is 37.2 Å². The summed E-state index contributed by atoms with van der Waals surface area (Å²) in [6, 6.07) is 13.7. The molecule has 5 rings (SSSR count). The average molecular weight is 548 g/mol. The van der Waals surface area contributed by atoms with Crippen molar-refractivity contribution >= 4 is 61.0 Å². The molecule has 6 atom stereocenters. The van der Waals surface area contributed by atoms with E-state index in [4.69, 9.17) is 4.74 Å². The van der Waals surface area contributed by atoms with Gasteiger partial charge in [0.15, 0.2) is 0 Å².